The number of nitrogens with one attached hydrogen (secondary N) is 2. The smallest absolute Gasteiger partial charge is 0.287 e. The molecule has 6 nitrogen and oxygen atoms in total. The van der Waals surface area contributed by atoms with E-state index in [2.05, 4.69) is 27.8 Å². The number of nitrogens with zero attached hydrogens (tertiary/aromatic N) is 2. The number of benzene rings is 1. The van der Waals surface area contributed by atoms with E-state index < -0.39 is 4.92 Å². The van der Waals surface area contributed by atoms with Gasteiger partial charge in [-0.15, -0.1) is 0 Å². The van der Waals surface area contributed by atoms with Gasteiger partial charge in [-0.05, 0) is 36.7 Å². The summed E-state index contributed by atoms with van der Waals surface area (Å²) in [6, 6.07) is 13.1. The molecule has 0 aliphatic rings. The fourth-order valence-corrected chi connectivity index (χ4v) is 2.07. The summed E-state index contributed by atoms with van der Waals surface area (Å²) in [4.78, 5) is 14.0. The summed E-state index contributed by atoms with van der Waals surface area (Å²) in [7, 11) is 0. The second-order valence-corrected chi connectivity index (χ2v) is 5.04. The number of nitro groups is 1. The predicted octanol–water partition coefficient (Wildman–Crippen LogP) is 2.91. The molecule has 0 saturated carbocycles. The normalized spacial score (nSPS) is 10.0. The van der Waals surface area contributed by atoms with Crippen LogP contribution >= 0.6 is 12.2 Å². The highest BCUT2D eigenvalue weighted by Gasteiger charge is 2.05. The maximum atomic E-state index is 10.5. The van der Waals surface area contributed by atoms with Crippen molar-refractivity contribution in [2.45, 2.75) is 12.8 Å². The second-order valence-electron chi connectivity index (χ2n) is 4.63. The van der Waals surface area contributed by atoms with Crippen LogP contribution in [0.2, 0.25) is 0 Å². The van der Waals surface area contributed by atoms with Gasteiger partial charge in [-0.1, -0.05) is 30.3 Å². The van der Waals surface area contributed by atoms with E-state index in [1.54, 1.807) is 0 Å². The van der Waals surface area contributed by atoms with Crippen molar-refractivity contribution in [3.05, 3.63) is 64.3 Å². The first-order valence-corrected chi connectivity index (χ1v) is 7.25. The highest BCUT2D eigenvalue weighted by molar-refractivity contribution is 7.80. The van der Waals surface area contributed by atoms with Gasteiger partial charge >= 0.3 is 0 Å². The average Bonchev–Trinajstić information content (AvgIpc) is 2.53. The first-order chi connectivity index (χ1) is 10.6. The number of pyridine rings is 1. The lowest BCUT2D eigenvalue weighted by molar-refractivity contribution is -0.385. The SMILES string of the molecule is O=[N+]([O-])c1ccc(NC(=S)NCCCc2ccccc2)nc1. The van der Waals surface area contributed by atoms with Crippen LogP contribution in [-0.2, 0) is 6.42 Å². The summed E-state index contributed by atoms with van der Waals surface area (Å²) < 4.78 is 0. The molecule has 114 valence electrons. The number of hydrogen-bond donors (Lipinski definition) is 2. The number of rotatable bonds is 6. The molecule has 0 fully saturated rings. The van der Waals surface area contributed by atoms with Gasteiger partial charge in [0, 0.05) is 12.6 Å². The van der Waals surface area contributed by atoms with E-state index in [1.165, 1.54) is 23.9 Å². The van der Waals surface area contributed by atoms with Gasteiger partial charge in [0.05, 0.1) is 4.92 Å². The number of thiocarbonyl (C=S) groups is 1. The van der Waals surface area contributed by atoms with E-state index in [1.807, 2.05) is 18.2 Å². The minimum atomic E-state index is -0.489. The van der Waals surface area contributed by atoms with Crippen LogP contribution in [0.1, 0.15) is 12.0 Å². The van der Waals surface area contributed by atoms with Crippen LogP contribution in [0.5, 0.6) is 0 Å². The fourth-order valence-electron chi connectivity index (χ4n) is 1.87. The predicted molar refractivity (Wildman–Crippen MR) is 89.9 cm³/mol. The molecular weight excluding hydrogens is 300 g/mol. The summed E-state index contributed by atoms with van der Waals surface area (Å²) in [5, 5.41) is 17.0. The highest BCUT2D eigenvalue weighted by Crippen LogP contribution is 2.11. The van der Waals surface area contributed by atoms with E-state index in [-0.39, 0.29) is 5.69 Å². The molecule has 0 atom stereocenters. The molecule has 1 heterocycles. The Bertz CT molecular complexity index is 632. The third-order valence-corrected chi connectivity index (χ3v) is 3.22. The van der Waals surface area contributed by atoms with Gasteiger partial charge in [-0.25, -0.2) is 4.98 Å². The molecule has 2 rings (SSSR count). The second kappa shape index (κ2) is 8.04. The standard InChI is InChI=1S/C15H16N4O2S/c20-19(21)13-8-9-14(17-11-13)18-15(22)16-10-4-7-12-5-2-1-3-6-12/h1-3,5-6,8-9,11H,4,7,10H2,(H2,16,17,18,22). The molecule has 2 N–H and O–H groups in total. The van der Waals surface area contributed by atoms with Crippen LogP contribution in [0, 0.1) is 10.1 Å². The Morgan fingerprint density at radius 1 is 1.23 bits per heavy atom. The van der Waals surface area contributed by atoms with Crippen molar-refractivity contribution >= 4 is 28.8 Å². The van der Waals surface area contributed by atoms with Gasteiger partial charge < -0.3 is 10.6 Å². The molecule has 1 aromatic carbocycles. The Balaban J connectivity index is 1.70. The topological polar surface area (TPSA) is 80.1 Å². The number of hydrogen-bond acceptors (Lipinski definition) is 4. The van der Waals surface area contributed by atoms with Crippen molar-refractivity contribution in [2.75, 3.05) is 11.9 Å². The fraction of sp³-hybridized carbons (Fsp3) is 0.200. The summed E-state index contributed by atoms with van der Waals surface area (Å²) in [6.07, 6.45) is 3.13. The van der Waals surface area contributed by atoms with Crippen molar-refractivity contribution in [2.24, 2.45) is 0 Å². The van der Waals surface area contributed by atoms with E-state index >= 15 is 0 Å². The first-order valence-electron chi connectivity index (χ1n) is 6.84. The van der Waals surface area contributed by atoms with Crippen molar-refractivity contribution in [3.63, 3.8) is 0 Å². The Morgan fingerprint density at radius 3 is 2.64 bits per heavy atom. The molecule has 0 amide bonds. The minimum Gasteiger partial charge on any atom is -0.362 e. The summed E-state index contributed by atoms with van der Waals surface area (Å²) in [5.74, 6) is 0.478. The van der Waals surface area contributed by atoms with Crippen molar-refractivity contribution in [3.8, 4) is 0 Å². The van der Waals surface area contributed by atoms with Crippen LogP contribution < -0.4 is 10.6 Å². The molecule has 0 radical (unpaired) electrons. The molecule has 7 heteroatoms. The zero-order chi connectivity index (χ0) is 15.8. The molecule has 1 aromatic heterocycles. The highest BCUT2D eigenvalue weighted by atomic mass is 32.1. The van der Waals surface area contributed by atoms with E-state index in [4.69, 9.17) is 12.2 Å². The van der Waals surface area contributed by atoms with Crippen molar-refractivity contribution in [1.82, 2.24) is 10.3 Å². The van der Waals surface area contributed by atoms with E-state index in [0.717, 1.165) is 19.4 Å². The lowest BCUT2D eigenvalue weighted by atomic mass is 10.1. The Kier molecular flexibility index (Phi) is 5.79. The largest absolute Gasteiger partial charge is 0.362 e. The minimum absolute atomic E-state index is 0.0488. The van der Waals surface area contributed by atoms with Gasteiger partial charge in [0.1, 0.15) is 12.0 Å². The Morgan fingerprint density at radius 2 is 2.00 bits per heavy atom. The third kappa shape index (κ3) is 5.10. The van der Waals surface area contributed by atoms with Gasteiger partial charge in [-0.2, -0.15) is 0 Å². The maximum absolute atomic E-state index is 10.5. The number of aryl methyl sites for hydroxylation is 1. The molecule has 0 saturated heterocycles. The molecule has 22 heavy (non-hydrogen) atoms. The van der Waals surface area contributed by atoms with Gasteiger partial charge in [0.2, 0.25) is 0 Å². The van der Waals surface area contributed by atoms with E-state index in [9.17, 15) is 10.1 Å². The quantitative estimate of drug-likeness (QED) is 0.369. The Hall–Kier alpha value is -2.54. The van der Waals surface area contributed by atoms with Crippen LogP contribution in [-0.4, -0.2) is 21.6 Å². The van der Waals surface area contributed by atoms with Crippen molar-refractivity contribution < 1.29 is 4.92 Å². The van der Waals surface area contributed by atoms with Gasteiger partial charge in [0.25, 0.3) is 5.69 Å². The third-order valence-electron chi connectivity index (χ3n) is 2.97. The molecular formula is C15H16N4O2S. The summed E-state index contributed by atoms with van der Waals surface area (Å²) >= 11 is 5.15. The molecule has 0 bridgehead atoms. The van der Waals surface area contributed by atoms with Crippen molar-refractivity contribution in [1.29, 1.82) is 0 Å². The summed E-state index contributed by atoms with van der Waals surface area (Å²) in [6.45, 7) is 0.744. The van der Waals surface area contributed by atoms with E-state index in [0.29, 0.717) is 10.9 Å². The van der Waals surface area contributed by atoms with Crippen LogP contribution in [0.25, 0.3) is 0 Å². The maximum Gasteiger partial charge on any atom is 0.287 e. The molecule has 0 spiro atoms. The molecule has 2 aromatic rings. The molecule has 0 aliphatic carbocycles. The lowest BCUT2D eigenvalue weighted by Gasteiger charge is -2.09. The monoisotopic (exact) mass is 316 g/mol. The number of anilines is 1. The van der Waals surface area contributed by atoms with Gasteiger partial charge in [0.15, 0.2) is 5.11 Å². The first kappa shape index (κ1) is 15.8. The molecule has 0 unspecified atom stereocenters. The van der Waals surface area contributed by atoms with Crippen LogP contribution in [0.3, 0.4) is 0 Å². The summed E-state index contributed by atoms with van der Waals surface area (Å²) in [5.41, 5.74) is 1.24. The zero-order valence-corrected chi connectivity index (χ0v) is 12.7. The van der Waals surface area contributed by atoms with Gasteiger partial charge in [-0.3, -0.25) is 10.1 Å². The Labute approximate surface area is 133 Å². The van der Waals surface area contributed by atoms with Crippen LogP contribution in [0.4, 0.5) is 11.5 Å². The number of aromatic nitrogens is 1. The molecule has 0 aliphatic heterocycles. The average molecular weight is 316 g/mol. The van der Waals surface area contributed by atoms with Crippen LogP contribution in [0.15, 0.2) is 48.7 Å². The lowest BCUT2D eigenvalue weighted by Crippen LogP contribution is -2.29. The zero-order valence-electron chi connectivity index (χ0n) is 11.9.